The Kier molecular flexibility index (Phi) is 22.9. The van der Waals surface area contributed by atoms with Crippen LogP contribution in [0.15, 0.2) is 102 Å². The van der Waals surface area contributed by atoms with Crippen molar-refractivity contribution in [2.45, 2.75) is 148 Å². The lowest BCUT2D eigenvalue weighted by atomic mass is 9.91. The van der Waals surface area contributed by atoms with Gasteiger partial charge >= 0.3 is 0 Å². The SMILES string of the molecule is CCCOc1c2cc(S(=O)(=O)O)cc1Cc1cc(S(=O)(=O)O)cc(c1OCCC)Cc1cc(S(=O)(=O)O)cc(c1OCCC)Cc1cc(S(=O)(=O)O)cc(c1OCCC)Cc1cc(S(=O)(=O)O)cc(c1OCCC)Cc1cc(S(=O)(=O)O)cc(c1OCCC)C2. The molecule has 6 N–H and O–H groups in total. The van der Waals surface area contributed by atoms with Gasteiger partial charge in [-0.25, -0.2) is 0 Å². The first-order valence-corrected chi connectivity index (χ1v) is 37.3. The fourth-order valence-electron chi connectivity index (χ4n) is 10.4. The Labute approximate surface area is 525 Å². The van der Waals surface area contributed by atoms with Crippen molar-refractivity contribution < 1.29 is 106 Å². The van der Waals surface area contributed by atoms with Crippen molar-refractivity contribution in [2.75, 3.05) is 39.6 Å². The van der Waals surface area contributed by atoms with Crippen molar-refractivity contribution in [3.63, 3.8) is 0 Å². The van der Waals surface area contributed by atoms with Crippen LogP contribution in [0.1, 0.15) is 147 Å². The van der Waals surface area contributed by atoms with E-state index in [2.05, 4.69) is 0 Å². The predicted octanol–water partition coefficient (Wildman–Crippen LogP) is 9.76. The van der Waals surface area contributed by atoms with Gasteiger partial charge in [0.2, 0.25) is 0 Å². The molecule has 1 aliphatic carbocycles. The van der Waals surface area contributed by atoms with E-state index in [1.807, 2.05) is 0 Å². The summed E-state index contributed by atoms with van der Waals surface area (Å²) in [6, 6.07) is 12.5. The van der Waals surface area contributed by atoms with E-state index in [9.17, 15) is 77.8 Å². The monoisotopic (exact) mass is 1370 g/mol. The largest absolute Gasteiger partial charge is 0.493 e. The first-order chi connectivity index (χ1) is 42.1. The zero-order valence-electron chi connectivity index (χ0n) is 50.1. The summed E-state index contributed by atoms with van der Waals surface area (Å²) in [5, 5.41) is 0. The average Bonchev–Trinajstić information content (AvgIpc) is 0.794. The second-order valence-corrected chi connectivity index (χ2v) is 30.0. The van der Waals surface area contributed by atoms with Gasteiger partial charge in [-0.1, -0.05) is 41.5 Å². The van der Waals surface area contributed by atoms with E-state index in [0.717, 1.165) is 72.8 Å². The Morgan fingerprint density at radius 1 is 0.233 bits per heavy atom. The van der Waals surface area contributed by atoms with Crippen molar-refractivity contribution >= 4 is 60.7 Å². The minimum atomic E-state index is -5.19. The molecule has 0 aliphatic heterocycles. The van der Waals surface area contributed by atoms with Crippen LogP contribution >= 0.6 is 0 Å². The lowest BCUT2D eigenvalue weighted by molar-refractivity contribution is 0.304. The van der Waals surface area contributed by atoms with Gasteiger partial charge in [0, 0.05) is 105 Å². The minimum Gasteiger partial charge on any atom is -0.493 e. The molecule has 0 unspecified atom stereocenters. The summed E-state index contributed by atoms with van der Waals surface area (Å²) in [5.74, 6) is -0.481. The number of hydrogen-bond acceptors (Lipinski definition) is 18. The van der Waals surface area contributed by atoms with Gasteiger partial charge in [0.15, 0.2) is 0 Å². The number of ether oxygens (including phenoxy) is 6. The molecule has 0 fully saturated rings. The maximum Gasteiger partial charge on any atom is 0.294 e. The number of rotatable bonds is 24. The molecule has 0 atom stereocenters. The summed E-state index contributed by atoms with van der Waals surface area (Å²) in [7, 11) is -31.1. The van der Waals surface area contributed by atoms with Crippen LogP contribution in [0, 0.1) is 0 Å². The van der Waals surface area contributed by atoms with Crippen molar-refractivity contribution in [3.05, 3.63) is 140 Å². The zero-order chi connectivity index (χ0) is 66.3. The Hall–Kier alpha value is -6.42. The fourth-order valence-corrected chi connectivity index (χ4v) is 13.9. The smallest absolute Gasteiger partial charge is 0.294 e. The summed E-state index contributed by atoms with van der Waals surface area (Å²) in [6.07, 6.45) is -1.20. The predicted molar refractivity (Wildman–Crippen MR) is 329 cm³/mol. The summed E-state index contributed by atoms with van der Waals surface area (Å²) in [6.45, 7) is 10.1. The number of benzene rings is 6. The molecule has 0 spiro atoms. The molecule has 0 aromatic heterocycles. The van der Waals surface area contributed by atoms with Gasteiger partial charge in [0.25, 0.3) is 60.7 Å². The molecule has 12 bridgehead atoms. The first-order valence-electron chi connectivity index (χ1n) is 28.7. The molecule has 0 heterocycles. The van der Waals surface area contributed by atoms with Crippen LogP contribution in [-0.2, 0) is 99.2 Å². The van der Waals surface area contributed by atoms with Gasteiger partial charge in [0.05, 0.1) is 69.0 Å². The highest BCUT2D eigenvalue weighted by atomic mass is 32.2. The minimum absolute atomic E-state index is 0.0625. The van der Waals surface area contributed by atoms with Gasteiger partial charge in [-0.15, -0.1) is 0 Å². The normalized spacial score (nSPS) is 13.5. The maximum absolute atomic E-state index is 13.4. The molecule has 24 nitrogen and oxygen atoms in total. The molecule has 7 rings (SSSR count). The van der Waals surface area contributed by atoms with E-state index in [4.69, 9.17) is 28.4 Å². The van der Waals surface area contributed by atoms with Crippen LogP contribution in [-0.4, -0.2) is 117 Å². The highest BCUT2D eigenvalue weighted by Crippen LogP contribution is 2.44. The van der Waals surface area contributed by atoms with E-state index in [1.165, 1.54) is 0 Å². The number of fused-ring (bicyclic) bond motifs is 12. The third-order valence-corrected chi connectivity index (χ3v) is 19.1. The van der Waals surface area contributed by atoms with E-state index in [1.54, 1.807) is 41.5 Å². The maximum atomic E-state index is 13.4. The third kappa shape index (κ3) is 17.6. The van der Waals surface area contributed by atoms with Crippen molar-refractivity contribution in [1.29, 1.82) is 0 Å². The molecule has 492 valence electrons. The molecule has 0 saturated heterocycles. The van der Waals surface area contributed by atoms with Crippen molar-refractivity contribution in [1.82, 2.24) is 0 Å². The molecule has 6 aromatic rings. The Bertz CT molecular complexity index is 3530. The van der Waals surface area contributed by atoms with Gasteiger partial charge < -0.3 is 28.4 Å². The highest BCUT2D eigenvalue weighted by molar-refractivity contribution is 7.87. The lowest BCUT2D eigenvalue weighted by Gasteiger charge is -2.24. The average molecular weight is 1370 g/mol. The summed E-state index contributed by atoms with van der Waals surface area (Å²) < 4.78 is 265. The van der Waals surface area contributed by atoms with Gasteiger partial charge in [-0.3, -0.25) is 27.3 Å². The Morgan fingerprint density at radius 2 is 0.333 bits per heavy atom. The molecule has 1 aliphatic rings. The highest BCUT2D eigenvalue weighted by Gasteiger charge is 2.31. The van der Waals surface area contributed by atoms with Gasteiger partial charge in [-0.2, -0.15) is 50.5 Å². The second kappa shape index (κ2) is 29.0. The van der Waals surface area contributed by atoms with Crippen LogP contribution < -0.4 is 28.4 Å². The molecule has 0 radical (unpaired) electrons. The molecule has 6 aromatic carbocycles. The standard InChI is InChI=1S/C60H72O24S6/c1-7-13-79-55-37-19-39-27-50(86(64,65)66)29-41(56(39)80-14-8-2)21-43-31-52(88(70,71)72)33-45(58(43)82-16-10-4)23-47-35-54(90(76,77)78)36-48(60(47)84-18-12-6)24-46-34-53(89(73,74)75)32-44(59(46)83-17-11-5)22-42-30-51(87(67,68)69)28-40(57(42)81-15-9-3)20-38(55)26-49(25-37)85(61,62)63/h25-36H,7-24H2,1-6H3,(H,61,62,63)(H,64,65,66)(H,67,68,69)(H,70,71,72)(H,73,74,75)(H,76,77,78). The first kappa shape index (κ1) is 71.0. The molecular weight excluding hydrogens is 1300 g/mol. The Morgan fingerprint density at radius 3 is 0.411 bits per heavy atom. The summed E-state index contributed by atoms with van der Waals surface area (Å²) in [5.41, 5.74) is -0.750. The Balaban J connectivity index is 1.76. The molecule has 0 amide bonds. The van der Waals surface area contributed by atoms with Crippen molar-refractivity contribution in [3.8, 4) is 34.5 Å². The van der Waals surface area contributed by atoms with E-state index in [0.29, 0.717) is 38.5 Å². The number of hydrogen-bond donors (Lipinski definition) is 6. The zero-order valence-corrected chi connectivity index (χ0v) is 55.0. The van der Waals surface area contributed by atoms with Crippen LogP contribution in [0.2, 0.25) is 0 Å². The summed E-state index contributed by atoms with van der Waals surface area (Å²) >= 11 is 0. The third-order valence-electron chi connectivity index (χ3n) is 14.1. The van der Waals surface area contributed by atoms with Crippen LogP contribution in [0.4, 0.5) is 0 Å². The fraction of sp³-hybridized carbons (Fsp3) is 0.400. The topological polar surface area (TPSA) is 382 Å². The van der Waals surface area contributed by atoms with Gasteiger partial charge in [0.1, 0.15) is 34.5 Å². The molecule has 30 heteroatoms. The van der Waals surface area contributed by atoms with Crippen LogP contribution in [0.3, 0.4) is 0 Å². The van der Waals surface area contributed by atoms with E-state index in [-0.39, 0.29) is 141 Å². The van der Waals surface area contributed by atoms with E-state index >= 15 is 0 Å². The molecule has 0 saturated carbocycles. The van der Waals surface area contributed by atoms with Crippen LogP contribution in [0.5, 0.6) is 34.5 Å². The van der Waals surface area contributed by atoms with Crippen LogP contribution in [0.25, 0.3) is 0 Å². The molecular formula is C60H72O24S6. The quantitative estimate of drug-likeness (QED) is 0.0306. The van der Waals surface area contributed by atoms with Crippen molar-refractivity contribution in [2.24, 2.45) is 0 Å². The van der Waals surface area contributed by atoms with E-state index < -0.39 is 129 Å². The molecule has 90 heavy (non-hydrogen) atoms. The van der Waals surface area contributed by atoms with Gasteiger partial charge in [-0.05, 0) is 111 Å². The second-order valence-electron chi connectivity index (χ2n) is 21.4. The summed E-state index contributed by atoms with van der Waals surface area (Å²) in [4.78, 5) is -4.42. The lowest BCUT2D eigenvalue weighted by Crippen LogP contribution is -2.13.